The van der Waals surface area contributed by atoms with Crippen LogP contribution in [0.1, 0.15) is 12.5 Å². The highest BCUT2D eigenvalue weighted by atomic mass is 32.2. The number of sulfonamides is 1. The van der Waals surface area contributed by atoms with Crippen LogP contribution in [0, 0.1) is 6.92 Å². The fraction of sp³-hybridized carbons (Fsp3) is 0.235. The molecule has 2 N–H and O–H groups in total. The normalized spacial score (nSPS) is 11.5. The number of aryl methyl sites for hydroxylation is 2. The fourth-order valence-electron chi connectivity index (χ4n) is 2.58. The third kappa shape index (κ3) is 3.83. The highest BCUT2D eigenvalue weighted by molar-refractivity contribution is 7.92. The van der Waals surface area contributed by atoms with E-state index in [0.717, 1.165) is 17.2 Å². The molecular weight excluding hydrogens is 354 g/mol. The number of hydrogen-bond acceptors (Lipinski definition) is 6. The number of pyridine rings is 1. The van der Waals surface area contributed by atoms with Gasteiger partial charge < -0.3 is 5.32 Å². The van der Waals surface area contributed by atoms with Crippen molar-refractivity contribution in [3.8, 4) is 0 Å². The third-order valence-electron chi connectivity index (χ3n) is 3.83. The molecule has 0 bridgehead atoms. The number of benzene rings is 1. The Morgan fingerprint density at radius 1 is 1.19 bits per heavy atom. The summed E-state index contributed by atoms with van der Waals surface area (Å²) in [5.41, 5.74) is 2.31. The first-order valence-corrected chi connectivity index (χ1v) is 9.88. The molecule has 0 saturated heterocycles. The quantitative estimate of drug-likeness (QED) is 0.710. The van der Waals surface area contributed by atoms with E-state index in [-0.39, 0.29) is 5.56 Å². The lowest BCUT2D eigenvalue weighted by Gasteiger charge is -2.12. The van der Waals surface area contributed by atoms with Crippen LogP contribution in [0.5, 0.6) is 0 Å². The van der Waals surface area contributed by atoms with Crippen molar-refractivity contribution in [1.82, 2.24) is 14.5 Å². The zero-order chi connectivity index (χ0) is 18.9. The molecule has 0 fully saturated rings. The van der Waals surface area contributed by atoms with Gasteiger partial charge in [0.05, 0.1) is 11.9 Å². The van der Waals surface area contributed by atoms with E-state index in [0.29, 0.717) is 29.5 Å². The molecule has 0 aliphatic rings. The fourth-order valence-corrected chi connectivity index (χ4v) is 3.20. The molecule has 0 atom stereocenters. The standard InChI is InChI=1S/C17H19N5O3S/c1-4-22-15(23)8-6-12-10-18-17(20-16(12)22)19-13-7-5-11(2)14(9-13)21-26(3,24)25/h5-10,21H,4H2,1-3H3,(H,18,19,20). The summed E-state index contributed by atoms with van der Waals surface area (Å²) in [5.74, 6) is 0.319. The number of rotatable bonds is 5. The lowest BCUT2D eigenvalue weighted by atomic mass is 10.2. The SMILES string of the molecule is CCn1c(=O)ccc2cnc(Nc3ccc(C)c(NS(C)(=O)=O)c3)nc21. The largest absolute Gasteiger partial charge is 0.324 e. The molecule has 0 radical (unpaired) electrons. The van der Waals surface area contributed by atoms with Crippen molar-refractivity contribution in [2.24, 2.45) is 0 Å². The first-order chi connectivity index (χ1) is 12.3. The van der Waals surface area contributed by atoms with E-state index in [1.54, 1.807) is 35.0 Å². The summed E-state index contributed by atoms with van der Waals surface area (Å²) >= 11 is 0. The van der Waals surface area contributed by atoms with Gasteiger partial charge in [-0.1, -0.05) is 6.07 Å². The summed E-state index contributed by atoms with van der Waals surface area (Å²) in [7, 11) is -3.38. The number of fused-ring (bicyclic) bond motifs is 1. The average Bonchev–Trinajstić information content (AvgIpc) is 2.56. The maximum atomic E-state index is 12.0. The summed E-state index contributed by atoms with van der Waals surface area (Å²) in [4.78, 5) is 20.7. The van der Waals surface area contributed by atoms with Gasteiger partial charge in [0.25, 0.3) is 5.56 Å². The summed E-state index contributed by atoms with van der Waals surface area (Å²) in [6.07, 6.45) is 2.74. The van der Waals surface area contributed by atoms with Crippen LogP contribution in [0.4, 0.5) is 17.3 Å². The van der Waals surface area contributed by atoms with E-state index >= 15 is 0 Å². The van der Waals surface area contributed by atoms with Gasteiger partial charge in [-0.25, -0.2) is 13.4 Å². The molecule has 9 heteroatoms. The molecule has 0 amide bonds. The zero-order valence-corrected chi connectivity index (χ0v) is 15.5. The van der Waals surface area contributed by atoms with Gasteiger partial charge in [-0.15, -0.1) is 0 Å². The molecule has 26 heavy (non-hydrogen) atoms. The molecule has 1 aromatic carbocycles. The summed E-state index contributed by atoms with van der Waals surface area (Å²) < 4.78 is 27.0. The highest BCUT2D eigenvalue weighted by Gasteiger charge is 2.09. The van der Waals surface area contributed by atoms with Crippen LogP contribution in [0.15, 0.2) is 41.3 Å². The number of nitrogens with one attached hydrogen (secondary N) is 2. The van der Waals surface area contributed by atoms with Crippen molar-refractivity contribution in [2.45, 2.75) is 20.4 Å². The molecule has 136 valence electrons. The number of nitrogens with zero attached hydrogens (tertiary/aromatic N) is 3. The van der Waals surface area contributed by atoms with Gasteiger partial charge >= 0.3 is 0 Å². The minimum atomic E-state index is -3.38. The minimum absolute atomic E-state index is 0.125. The molecule has 2 aromatic heterocycles. The Bertz CT molecular complexity index is 1140. The van der Waals surface area contributed by atoms with E-state index in [4.69, 9.17) is 0 Å². The van der Waals surface area contributed by atoms with Crippen LogP contribution in [0.25, 0.3) is 11.0 Å². The van der Waals surface area contributed by atoms with Crippen LogP contribution in [-0.2, 0) is 16.6 Å². The monoisotopic (exact) mass is 373 g/mol. The van der Waals surface area contributed by atoms with Crippen LogP contribution in [-0.4, -0.2) is 29.2 Å². The van der Waals surface area contributed by atoms with Crippen molar-refractivity contribution in [3.05, 3.63) is 52.4 Å². The second-order valence-electron chi connectivity index (χ2n) is 5.92. The van der Waals surface area contributed by atoms with Crippen LogP contribution < -0.4 is 15.6 Å². The van der Waals surface area contributed by atoms with Gasteiger partial charge in [0.15, 0.2) is 0 Å². The maximum absolute atomic E-state index is 12.0. The Hall–Kier alpha value is -2.94. The van der Waals surface area contributed by atoms with E-state index in [1.165, 1.54) is 6.07 Å². The van der Waals surface area contributed by atoms with Gasteiger partial charge in [0.2, 0.25) is 16.0 Å². The highest BCUT2D eigenvalue weighted by Crippen LogP contribution is 2.23. The topological polar surface area (TPSA) is 106 Å². The van der Waals surface area contributed by atoms with E-state index in [9.17, 15) is 13.2 Å². The average molecular weight is 373 g/mol. The molecule has 0 spiro atoms. The lowest BCUT2D eigenvalue weighted by molar-refractivity contribution is 0.607. The number of aromatic nitrogens is 3. The van der Waals surface area contributed by atoms with Crippen molar-refractivity contribution >= 4 is 38.4 Å². The summed E-state index contributed by atoms with van der Waals surface area (Å²) in [5, 5.41) is 3.81. The molecule has 3 rings (SSSR count). The molecule has 0 aliphatic heterocycles. The second-order valence-corrected chi connectivity index (χ2v) is 7.67. The molecule has 3 aromatic rings. The van der Waals surface area contributed by atoms with Crippen molar-refractivity contribution < 1.29 is 8.42 Å². The first kappa shape index (κ1) is 17.9. The molecule has 2 heterocycles. The van der Waals surface area contributed by atoms with Crippen LogP contribution >= 0.6 is 0 Å². The van der Waals surface area contributed by atoms with Crippen LogP contribution in [0.2, 0.25) is 0 Å². The first-order valence-electron chi connectivity index (χ1n) is 7.99. The predicted octanol–water partition coefficient (Wildman–Crippen LogP) is 2.23. The minimum Gasteiger partial charge on any atom is -0.324 e. The smallest absolute Gasteiger partial charge is 0.252 e. The molecule has 0 unspecified atom stereocenters. The van der Waals surface area contributed by atoms with Gasteiger partial charge in [-0.05, 0) is 37.6 Å². The summed E-state index contributed by atoms with van der Waals surface area (Å²) in [6, 6.07) is 8.44. The van der Waals surface area contributed by atoms with E-state index in [2.05, 4.69) is 20.0 Å². The second kappa shape index (κ2) is 6.75. The number of anilines is 3. The van der Waals surface area contributed by atoms with Gasteiger partial charge in [0.1, 0.15) is 5.65 Å². The number of hydrogen-bond donors (Lipinski definition) is 2. The molecular formula is C17H19N5O3S. The van der Waals surface area contributed by atoms with Gasteiger partial charge in [0, 0.05) is 29.9 Å². The lowest BCUT2D eigenvalue weighted by Crippen LogP contribution is -2.19. The van der Waals surface area contributed by atoms with Gasteiger partial charge in [-0.2, -0.15) is 4.98 Å². The van der Waals surface area contributed by atoms with Gasteiger partial charge in [-0.3, -0.25) is 14.1 Å². The Morgan fingerprint density at radius 2 is 1.96 bits per heavy atom. The van der Waals surface area contributed by atoms with Crippen molar-refractivity contribution in [3.63, 3.8) is 0 Å². The van der Waals surface area contributed by atoms with Crippen LogP contribution in [0.3, 0.4) is 0 Å². The Balaban J connectivity index is 1.99. The van der Waals surface area contributed by atoms with E-state index < -0.39 is 10.0 Å². The van der Waals surface area contributed by atoms with E-state index in [1.807, 2.05) is 13.8 Å². The molecule has 0 saturated carbocycles. The van der Waals surface area contributed by atoms with Crippen molar-refractivity contribution in [2.75, 3.05) is 16.3 Å². The molecule has 8 nitrogen and oxygen atoms in total. The van der Waals surface area contributed by atoms with Crippen molar-refractivity contribution in [1.29, 1.82) is 0 Å². The third-order valence-corrected chi connectivity index (χ3v) is 4.42. The Labute approximate surface area is 151 Å². The maximum Gasteiger partial charge on any atom is 0.252 e. The Kier molecular flexibility index (Phi) is 4.64. The molecule has 0 aliphatic carbocycles. The summed E-state index contributed by atoms with van der Waals surface area (Å²) in [6.45, 7) is 4.18. The predicted molar refractivity (Wildman–Crippen MR) is 102 cm³/mol. The Morgan fingerprint density at radius 3 is 2.65 bits per heavy atom. The zero-order valence-electron chi connectivity index (χ0n) is 14.6.